The van der Waals surface area contributed by atoms with Gasteiger partial charge in [-0.05, 0) is 25.7 Å². The van der Waals surface area contributed by atoms with Crippen molar-refractivity contribution in [1.29, 1.82) is 0 Å². The molecule has 17 heavy (non-hydrogen) atoms. The number of halogens is 1. The monoisotopic (exact) mass is 304 g/mol. The largest absolute Gasteiger partial charge is 0.469 e. The fourth-order valence-corrected chi connectivity index (χ4v) is 3.05. The zero-order chi connectivity index (χ0) is 12.7. The maximum atomic E-state index is 11.6. The van der Waals surface area contributed by atoms with Crippen LogP contribution in [-0.2, 0) is 14.3 Å². The Hall–Kier alpha value is -0.380. The van der Waals surface area contributed by atoms with Crippen LogP contribution in [0.5, 0.6) is 0 Å². The zero-order valence-electron chi connectivity index (χ0n) is 10.5. The molecule has 4 heteroatoms. The predicted molar refractivity (Wildman–Crippen MR) is 70.2 cm³/mol. The lowest BCUT2D eigenvalue weighted by Crippen LogP contribution is -2.25. The molecule has 1 rings (SSSR count). The molecule has 0 aliphatic heterocycles. The highest BCUT2D eigenvalue weighted by atomic mass is 79.9. The highest BCUT2D eigenvalue weighted by Gasteiger charge is 2.38. The van der Waals surface area contributed by atoms with Crippen LogP contribution in [0.25, 0.3) is 0 Å². The van der Waals surface area contributed by atoms with E-state index in [0.29, 0.717) is 12.2 Å². The average Bonchev–Trinajstić information content (AvgIpc) is 2.64. The van der Waals surface area contributed by atoms with E-state index in [2.05, 4.69) is 20.7 Å². The SMILES string of the molecule is COC(=O)CCCCCCC1(Br)CCCC1=O. The van der Waals surface area contributed by atoms with Crippen LogP contribution in [0.4, 0.5) is 0 Å². The quantitative estimate of drug-likeness (QED) is 0.411. The van der Waals surface area contributed by atoms with Gasteiger partial charge in [0, 0.05) is 12.8 Å². The van der Waals surface area contributed by atoms with E-state index >= 15 is 0 Å². The third-order valence-electron chi connectivity index (χ3n) is 3.41. The average molecular weight is 305 g/mol. The third-order valence-corrected chi connectivity index (χ3v) is 4.64. The van der Waals surface area contributed by atoms with Crippen LogP contribution in [0.1, 0.15) is 57.8 Å². The van der Waals surface area contributed by atoms with Crippen molar-refractivity contribution in [2.24, 2.45) is 0 Å². The fourth-order valence-electron chi connectivity index (χ4n) is 2.29. The van der Waals surface area contributed by atoms with Gasteiger partial charge in [-0.2, -0.15) is 0 Å². The Labute approximate surface area is 111 Å². The number of ether oxygens (including phenoxy) is 1. The number of rotatable bonds is 7. The van der Waals surface area contributed by atoms with Gasteiger partial charge in [0.15, 0.2) is 0 Å². The van der Waals surface area contributed by atoms with Crippen molar-refractivity contribution in [2.75, 3.05) is 7.11 Å². The molecule has 0 N–H and O–H groups in total. The third kappa shape index (κ3) is 4.78. The number of hydrogen-bond acceptors (Lipinski definition) is 3. The van der Waals surface area contributed by atoms with Gasteiger partial charge in [-0.25, -0.2) is 0 Å². The summed E-state index contributed by atoms with van der Waals surface area (Å²) in [6.07, 6.45) is 8.23. The Morgan fingerprint density at radius 1 is 1.35 bits per heavy atom. The number of carbonyl (C=O) groups excluding carboxylic acids is 2. The second kappa shape index (κ2) is 7.14. The lowest BCUT2D eigenvalue weighted by Gasteiger charge is -2.19. The lowest BCUT2D eigenvalue weighted by atomic mass is 9.98. The molecular formula is C13H21BrO3. The fraction of sp³-hybridized carbons (Fsp3) is 0.846. The molecule has 3 nitrogen and oxygen atoms in total. The van der Waals surface area contributed by atoms with Gasteiger partial charge in [-0.15, -0.1) is 0 Å². The van der Waals surface area contributed by atoms with Crippen LogP contribution in [0.15, 0.2) is 0 Å². The summed E-state index contributed by atoms with van der Waals surface area (Å²) in [6, 6.07) is 0. The van der Waals surface area contributed by atoms with Crippen molar-refractivity contribution >= 4 is 27.7 Å². The Bertz CT molecular complexity index is 278. The highest BCUT2D eigenvalue weighted by Crippen LogP contribution is 2.38. The number of unbranched alkanes of at least 4 members (excludes halogenated alkanes) is 3. The number of Topliss-reactive ketones (excluding diaryl/α,β-unsaturated/α-hetero) is 1. The standard InChI is InChI=1S/C13H21BrO3/c1-17-12(16)8-4-2-3-5-9-13(14)10-6-7-11(13)15/h2-10H2,1H3. The minimum Gasteiger partial charge on any atom is -0.469 e. The maximum Gasteiger partial charge on any atom is 0.305 e. The molecule has 1 aliphatic rings. The van der Waals surface area contributed by atoms with Gasteiger partial charge in [0.1, 0.15) is 5.78 Å². The Balaban J connectivity index is 2.04. The molecule has 1 fully saturated rings. The van der Waals surface area contributed by atoms with Crippen LogP contribution in [0.3, 0.4) is 0 Å². The Kier molecular flexibility index (Phi) is 6.17. The summed E-state index contributed by atoms with van der Waals surface area (Å²) >= 11 is 3.59. The van der Waals surface area contributed by atoms with E-state index in [1.807, 2.05) is 0 Å². The van der Waals surface area contributed by atoms with Crippen molar-refractivity contribution in [3.05, 3.63) is 0 Å². The van der Waals surface area contributed by atoms with E-state index in [1.54, 1.807) is 0 Å². The number of esters is 1. The van der Waals surface area contributed by atoms with E-state index in [0.717, 1.165) is 51.4 Å². The summed E-state index contributed by atoms with van der Waals surface area (Å²) in [4.78, 5) is 22.5. The summed E-state index contributed by atoms with van der Waals surface area (Å²) in [5.41, 5.74) is 0. The van der Waals surface area contributed by atoms with Crippen molar-refractivity contribution in [1.82, 2.24) is 0 Å². The molecule has 0 saturated heterocycles. The predicted octanol–water partition coefficient (Wildman–Crippen LogP) is 3.39. The summed E-state index contributed by atoms with van der Waals surface area (Å²) < 4.78 is 4.35. The van der Waals surface area contributed by atoms with Gasteiger partial charge in [0.25, 0.3) is 0 Å². The van der Waals surface area contributed by atoms with Crippen LogP contribution < -0.4 is 0 Å². The summed E-state index contributed by atoms with van der Waals surface area (Å²) in [6.45, 7) is 0. The van der Waals surface area contributed by atoms with Crippen LogP contribution >= 0.6 is 15.9 Å². The second-order valence-electron chi connectivity index (χ2n) is 4.73. The van der Waals surface area contributed by atoms with E-state index in [1.165, 1.54) is 7.11 Å². The number of methoxy groups -OCH3 is 1. The molecule has 1 unspecified atom stereocenters. The van der Waals surface area contributed by atoms with Crippen molar-refractivity contribution in [3.63, 3.8) is 0 Å². The molecule has 0 aromatic rings. The maximum absolute atomic E-state index is 11.6. The summed E-state index contributed by atoms with van der Waals surface area (Å²) in [5, 5.41) is 0. The first-order valence-corrected chi connectivity index (χ1v) is 7.17. The van der Waals surface area contributed by atoms with Gasteiger partial charge in [-0.1, -0.05) is 35.2 Å². The smallest absolute Gasteiger partial charge is 0.305 e. The number of hydrogen-bond donors (Lipinski definition) is 0. The number of alkyl halides is 1. The minimum atomic E-state index is -0.227. The second-order valence-corrected chi connectivity index (χ2v) is 6.25. The first kappa shape index (κ1) is 14.7. The first-order valence-electron chi connectivity index (χ1n) is 6.37. The van der Waals surface area contributed by atoms with Gasteiger partial charge in [0.05, 0.1) is 11.4 Å². The molecule has 1 atom stereocenters. The van der Waals surface area contributed by atoms with Crippen LogP contribution in [0.2, 0.25) is 0 Å². The van der Waals surface area contributed by atoms with Gasteiger partial charge >= 0.3 is 5.97 Å². The molecule has 0 heterocycles. The number of ketones is 1. The molecule has 0 bridgehead atoms. The molecule has 0 radical (unpaired) electrons. The first-order chi connectivity index (χ1) is 8.08. The Morgan fingerprint density at radius 2 is 2.06 bits per heavy atom. The lowest BCUT2D eigenvalue weighted by molar-refractivity contribution is -0.140. The van der Waals surface area contributed by atoms with E-state index < -0.39 is 0 Å². The van der Waals surface area contributed by atoms with Crippen LogP contribution in [0, 0.1) is 0 Å². The molecule has 0 spiro atoms. The van der Waals surface area contributed by atoms with E-state index in [9.17, 15) is 9.59 Å². The van der Waals surface area contributed by atoms with Crippen molar-refractivity contribution < 1.29 is 14.3 Å². The Morgan fingerprint density at radius 3 is 2.65 bits per heavy atom. The molecule has 1 saturated carbocycles. The topological polar surface area (TPSA) is 43.4 Å². The van der Waals surface area contributed by atoms with Gasteiger partial charge in [-0.3, -0.25) is 9.59 Å². The molecule has 0 amide bonds. The minimum absolute atomic E-state index is 0.132. The molecule has 0 aromatic heterocycles. The van der Waals surface area contributed by atoms with Gasteiger partial charge < -0.3 is 4.74 Å². The van der Waals surface area contributed by atoms with E-state index in [-0.39, 0.29) is 10.3 Å². The molecule has 98 valence electrons. The summed E-state index contributed by atoms with van der Waals surface area (Å²) in [7, 11) is 1.42. The molecular weight excluding hydrogens is 284 g/mol. The molecule has 1 aliphatic carbocycles. The zero-order valence-corrected chi connectivity index (χ0v) is 12.1. The van der Waals surface area contributed by atoms with Crippen molar-refractivity contribution in [3.8, 4) is 0 Å². The van der Waals surface area contributed by atoms with Gasteiger partial charge in [0.2, 0.25) is 0 Å². The molecule has 0 aromatic carbocycles. The highest BCUT2D eigenvalue weighted by molar-refractivity contribution is 9.10. The van der Waals surface area contributed by atoms with Crippen molar-refractivity contribution in [2.45, 2.75) is 62.1 Å². The van der Waals surface area contributed by atoms with E-state index in [4.69, 9.17) is 0 Å². The number of carbonyl (C=O) groups is 2. The summed E-state index contributed by atoms with van der Waals surface area (Å²) in [5.74, 6) is 0.236. The van der Waals surface area contributed by atoms with Crippen LogP contribution in [-0.4, -0.2) is 23.2 Å². The normalized spacial score (nSPS) is 24.0.